The molecule has 2 amide bonds. The lowest BCUT2D eigenvalue weighted by Crippen LogP contribution is -2.58. The number of ether oxygens (including phenoxy) is 1. The zero-order valence-electron chi connectivity index (χ0n) is 17.3. The summed E-state index contributed by atoms with van der Waals surface area (Å²) in [5.41, 5.74) is 7.16. The summed E-state index contributed by atoms with van der Waals surface area (Å²) in [6.45, 7) is 0.719. The van der Waals surface area contributed by atoms with Crippen LogP contribution in [0.1, 0.15) is 12.0 Å². The summed E-state index contributed by atoms with van der Waals surface area (Å²) >= 11 is 6.11. The van der Waals surface area contributed by atoms with Gasteiger partial charge in [0.2, 0.25) is 5.91 Å². The van der Waals surface area contributed by atoms with Crippen LogP contribution in [-0.4, -0.2) is 60.2 Å². The molecule has 2 aromatic rings. The third-order valence-electron chi connectivity index (χ3n) is 5.84. The first-order valence-corrected chi connectivity index (χ1v) is 10.6. The number of fused-ring (bicyclic) bond motifs is 1. The van der Waals surface area contributed by atoms with Crippen LogP contribution in [-0.2, 0) is 16.0 Å². The van der Waals surface area contributed by atoms with Crippen molar-refractivity contribution in [2.45, 2.75) is 18.9 Å². The molecule has 2 atom stereocenters. The Morgan fingerprint density at radius 2 is 1.94 bits per heavy atom. The molecule has 2 aromatic carbocycles. The number of nitrogens with two attached hydrogens (primary N) is 1. The van der Waals surface area contributed by atoms with Gasteiger partial charge in [0.15, 0.2) is 0 Å². The van der Waals surface area contributed by atoms with E-state index in [-0.39, 0.29) is 25.0 Å². The normalized spacial score (nSPS) is 21.5. The van der Waals surface area contributed by atoms with E-state index >= 15 is 0 Å². The number of rotatable bonds is 6. The fourth-order valence-corrected chi connectivity index (χ4v) is 4.45. The average molecular weight is 441 g/mol. The molecule has 0 radical (unpaired) electrons. The van der Waals surface area contributed by atoms with Gasteiger partial charge in [-0.15, -0.1) is 0 Å². The van der Waals surface area contributed by atoms with Gasteiger partial charge in [0.05, 0.1) is 10.7 Å². The smallest absolute Gasteiger partial charge is 0.256 e. The Balaban J connectivity index is 1.49. The third kappa shape index (κ3) is 4.16. The number of para-hydroxylation sites is 1. The first-order valence-electron chi connectivity index (χ1n) is 10.2. The van der Waals surface area contributed by atoms with Crippen LogP contribution in [0.4, 0.5) is 0 Å². The average Bonchev–Trinajstić information content (AvgIpc) is 3.02. The summed E-state index contributed by atoms with van der Waals surface area (Å²) in [6.07, 6.45) is 1.03. The Morgan fingerprint density at radius 3 is 2.68 bits per heavy atom. The summed E-state index contributed by atoms with van der Waals surface area (Å²) in [5, 5.41) is 6.33. The minimum Gasteiger partial charge on any atom is -0.490 e. The molecule has 0 spiro atoms. The lowest BCUT2D eigenvalue weighted by Gasteiger charge is -2.40. The number of hydrazone groups is 1. The van der Waals surface area contributed by atoms with Gasteiger partial charge in [0.1, 0.15) is 23.8 Å². The van der Waals surface area contributed by atoms with E-state index in [0.29, 0.717) is 30.2 Å². The van der Waals surface area contributed by atoms with Gasteiger partial charge in [-0.2, -0.15) is 5.10 Å². The number of hydrogen-bond acceptors (Lipinski definition) is 5. The number of hydrogen-bond donors (Lipinski definition) is 1. The van der Waals surface area contributed by atoms with Crippen LogP contribution >= 0.6 is 11.6 Å². The van der Waals surface area contributed by atoms with E-state index in [2.05, 4.69) is 5.10 Å². The second-order valence-corrected chi connectivity index (χ2v) is 8.38. The molecule has 162 valence electrons. The van der Waals surface area contributed by atoms with Crippen LogP contribution in [0.15, 0.2) is 59.7 Å². The van der Waals surface area contributed by atoms with Crippen molar-refractivity contribution in [1.82, 2.24) is 9.91 Å². The van der Waals surface area contributed by atoms with Crippen LogP contribution in [0.5, 0.6) is 5.75 Å². The molecule has 7 nitrogen and oxygen atoms in total. The molecule has 8 heteroatoms. The molecule has 0 aliphatic carbocycles. The second kappa shape index (κ2) is 8.69. The van der Waals surface area contributed by atoms with Gasteiger partial charge >= 0.3 is 0 Å². The Bertz CT molecular complexity index is 1010. The first kappa shape index (κ1) is 21.3. The quantitative estimate of drug-likeness (QED) is 0.746. The Labute approximate surface area is 186 Å². The summed E-state index contributed by atoms with van der Waals surface area (Å²) < 4.78 is 5.65. The molecule has 1 saturated heterocycles. The van der Waals surface area contributed by atoms with Crippen LogP contribution < -0.4 is 10.5 Å². The van der Waals surface area contributed by atoms with E-state index in [0.717, 1.165) is 11.3 Å². The Hall–Kier alpha value is -2.90. The molecule has 4 rings (SSSR count). The number of amides is 2. The predicted octanol–water partition coefficient (Wildman–Crippen LogP) is 2.34. The molecule has 31 heavy (non-hydrogen) atoms. The van der Waals surface area contributed by atoms with Crippen molar-refractivity contribution in [3.05, 3.63) is 65.2 Å². The fourth-order valence-electron chi connectivity index (χ4n) is 4.26. The number of benzene rings is 2. The maximum atomic E-state index is 13.2. The van der Waals surface area contributed by atoms with E-state index in [9.17, 15) is 9.59 Å². The van der Waals surface area contributed by atoms with E-state index in [1.807, 2.05) is 30.3 Å². The molecular weight excluding hydrogens is 416 g/mol. The lowest BCUT2D eigenvalue weighted by atomic mass is 9.73. The Kier molecular flexibility index (Phi) is 5.98. The van der Waals surface area contributed by atoms with Gasteiger partial charge in [0.25, 0.3) is 5.91 Å². The van der Waals surface area contributed by atoms with Crippen LogP contribution in [0, 0.1) is 5.41 Å². The topological polar surface area (TPSA) is 88.2 Å². The number of carbonyl (C=O) groups is 2. The van der Waals surface area contributed by atoms with E-state index in [1.165, 1.54) is 5.01 Å². The predicted molar refractivity (Wildman–Crippen MR) is 119 cm³/mol. The second-order valence-electron chi connectivity index (χ2n) is 7.98. The van der Waals surface area contributed by atoms with Gasteiger partial charge in [-0.3, -0.25) is 9.59 Å². The lowest BCUT2D eigenvalue weighted by molar-refractivity contribution is -0.140. The highest BCUT2D eigenvalue weighted by Crippen LogP contribution is 2.38. The number of carbonyl (C=O) groups excluding carboxylic acids is 2. The monoisotopic (exact) mass is 440 g/mol. The highest BCUT2D eigenvalue weighted by atomic mass is 35.5. The third-order valence-corrected chi connectivity index (χ3v) is 6.15. The van der Waals surface area contributed by atoms with Crippen LogP contribution in [0.25, 0.3) is 0 Å². The molecule has 2 aliphatic rings. The number of likely N-dealkylation sites (tertiary alicyclic amines) is 1. The fraction of sp³-hybridized carbons (Fsp3) is 0.348. The van der Waals surface area contributed by atoms with Gasteiger partial charge < -0.3 is 15.4 Å². The zero-order chi connectivity index (χ0) is 22.0. The molecule has 0 aromatic heterocycles. The molecule has 2 N–H and O–H groups in total. The summed E-state index contributed by atoms with van der Waals surface area (Å²) in [6, 6.07) is 16.0. The van der Waals surface area contributed by atoms with Crippen molar-refractivity contribution in [2.75, 3.05) is 26.7 Å². The van der Waals surface area contributed by atoms with Crippen molar-refractivity contribution in [1.29, 1.82) is 0 Å². The van der Waals surface area contributed by atoms with Gasteiger partial charge in [-0.05, 0) is 24.1 Å². The summed E-state index contributed by atoms with van der Waals surface area (Å²) in [5.74, 6) is 0.138. The van der Waals surface area contributed by atoms with Gasteiger partial charge in [-0.1, -0.05) is 54.1 Å². The summed E-state index contributed by atoms with van der Waals surface area (Å²) in [7, 11) is 1.66. The van der Waals surface area contributed by atoms with Crippen molar-refractivity contribution in [3.8, 4) is 5.75 Å². The van der Waals surface area contributed by atoms with Crippen LogP contribution in [0.2, 0.25) is 5.02 Å². The first-order chi connectivity index (χ1) is 14.9. The maximum absolute atomic E-state index is 13.2. The molecule has 2 heterocycles. The summed E-state index contributed by atoms with van der Waals surface area (Å²) in [4.78, 5) is 27.9. The highest BCUT2D eigenvalue weighted by molar-refractivity contribution is 6.32. The van der Waals surface area contributed by atoms with Crippen molar-refractivity contribution >= 4 is 29.1 Å². The van der Waals surface area contributed by atoms with Gasteiger partial charge in [-0.25, -0.2) is 5.01 Å². The zero-order valence-corrected chi connectivity index (χ0v) is 18.1. The highest BCUT2D eigenvalue weighted by Gasteiger charge is 2.53. The molecule has 1 unspecified atom stereocenters. The van der Waals surface area contributed by atoms with Crippen molar-refractivity contribution < 1.29 is 14.3 Å². The SMILES string of the molecule is CN1N=C2CCN(C(=O)C(N)COc3ccccc3Cl)C[C@@]2(Cc2ccccc2)C1=O. The minimum atomic E-state index is -0.863. The number of piperidine rings is 1. The Morgan fingerprint density at radius 1 is 1.23 bits per heavy atom. The molecule has 0 bridgehead atoms. The van der Waals surface area contributed by atoms with E-state index in [1.54, 1.807) is 36.2 Å². The minimum absolute atomic E-state index is 0.000449. The maximum Gasteiger partial charge on any atom is 0.256 e. The number of halogens is 1. The molecule has 2 aliphatic heterocycles. The largest absolute Gasteiger partial charge is 0.490 e. The van der Waals surface area contributed by atoms with E-state index in [4.69, 9.17) is 22.1 Å². The van der Waals surface area contributed by atoms with Crippen molar-refractivity contribution in [3.63, 3.8) is 0 Å². The van der Waals surface area contributed by atoms with Gasteiger partial charge in [0, 0.05) is 26.6 Å². The van der Waals surface area contributed by atoms with Crippen LogP contribution in [0.3, 0.4) is 0 Å². The van der Waals surface area contributed by atoms with Crippen molar-refractivity contribution in [2.24, 2.45) is 16.3 Å². The molecule has 0 saturated carbocycles. The van der Waals surface area contributed by atoms with E-state index < -0.39 is 11.5 Å². The molecular formula is C23H25ClN4O3. The molecule has 1 fully saturated rings. The standard InChI is InChI=1S/C23H25ClN4O3/c1-27-22(30)23(13-16-7-3-2-4-8-16)15-28(12-11-20(23)26-27)21(29)18(25)14-31-19-10-6-5-9-17(19)24/h2-10,18H,11-15,25H2,1H3/t18?,23-/m1/s1. The number of nitrogens with zero attached hydrogens (tertiary/aromatic N) is 3.